The molecule has 0 fully saturated rings. The van der Waals surface area contributed by atoms with Crippen molar-refractivity contribution in [3.8, 4) is 11.8 Å². The molecule has 0 aliphatic rings. The molecule has 0 saturated carbocycles. The number of anilines is 1. The molecule has 0 saturated heterocycles. The molecule has 3 aromatic carbocycles. The maximum Gasteiger partial charge on any atom is 0.416 e. The Hall–Kier alpha value is -4.36. The number of benzene rings is 3. The number of ether oxygens (including phenoxy) is 1. The first-order valence-corrected chi connectivity index (χ1v) is 10.2. The molecule has 1 amide bonds. The summed E-state index contributed by atoms with van der Waals surface area (Å²) in [5.74, 6) is -0.711. The number of nitro benzene ring substituents is 1. The van der Waals surface area contributed by atoms with Gasteiger partial charge in [-0.25, -0.2) is 0 Å². The molecule has 0 aromatic heterocycles. The average molecular weight is 502 g/mol. The Bertz CT molecular complexity index is 1350. The van der Waals surface area contributed by atoms with Crippen LogP contribution in [0.5, 0.6) is 5.75 Å². The highest BCUT2D eigenvalue weighted by Crippen LogP contribution is 2.31. The van der Waals surface area contributed by atoms with Crippen LogP contribution in [0, 0.1) is 21.4 Å². The number of non-ortho nitro benzene ring substituents is 1. The number of hydrogen-bond acceptors (Lipinski definition) is 5. The number of nitriles is 1. The Kier molecular flexibility index (Phi) is 7.73. The molecule has 178 valence electrons. The zero-order valence-corrected chi connectivity index (χ0v) is 18.4. The van der Waals surface area contributed by atoms with Gasteiger partial charge in [-0.05, 0) is 48.0 Å². The van der Waals surface area contributed by atoms with Crippen LogP contribution in [-0.2, 0) is 17.6 Å². The van der Waals surface area contributed by atoms with E-state index in [9.17, 15) is 33.3 Å². The van der Waals surface area contributed by atoms with Gasteiger partial charge in [-0.2, -0.15) is 18.4 Å². The molecule has 0 radical (unpaired) electrons. The van der Waals surface area contributed by atoms with Gasteiger partial charge in [0.05, 0.1) is 10.5 Å². The molecular weight excluding hydrogens is 487 g/mol. The van der Waals surface area contributed by atoms with E-state index in [1.54, 1.807) is 12.1 Å². The van der Waals surface area contributed by atoms with Crippen molar-refractivity contribution in [3.05, 3.63) is 104 Å². The van der Waals surface area contributed by atoms with Gasteiger partial charge in [-0.15, -0.1) is 0 Å². The minimum Gasteiger partial charge on any atom is -0.488 e. The number of nitrogens with one attached hydrogen (secondary N) is 1. The van der Waals surface area contributed by atoms with Crippen LogP contribution < -0.4 is 10.1 Å². The third-order valence-electron chi connectivity index (χ3n) is 4.60. The van der Waals surface area contributed by atoms with E-state index in [2.05, 4.69) is 5.32 Å². The molecule has 7 nitrogen and oxygen atoms in total. The fourth-order valence-electron chi connectivity index (χ4n) is 2.96. The maximum absolute atomic E-state index is 12.9. The number of alkyl halides is 3. The van der Waals surface area contributed by atoms with Crippen LogP contribution in [0.1, 0.15) is 16.7 Å². The summed E-state index contributed by atoms with van der Waals surface area (Å²) < 4.78 is 44.5. The molecule has 0 heterocycles. The van der Waals surface area contributed by atoms with E-state index in [0.29, 0.717) is 5.56 Å². The topological polar surface area (TPSA) is 105 Å². The normalized spacial score (nSPS) is 11.5. The molecule has 3 rings (SSSR count). The molecule has 0 bridgehead atoms. The summed E-state index contributed by atoms with van der Waals surface area (Å²) in [5.41, 5.74) is -0.862. The molecule has 11 heteroatoms. The Morgan fingerprint density at radius 2 is 1.89 bits per heavy atom. The quantitative estimate of drug-likeness (QED) is 0.175. The Morgan fingerprint density at radius 1 is 1.14 bits per heavy atom. The molecule has 3 aromatic rings. The SMILES string of the molecule is N#C/C(=C\c1cc(Cl)ccc1OCc1cccc([N+](=O)[O-])c1)C(=O)Nc1cccc(C(F)(F)F)c1. The molecule has 1 N–H and O–H groups in total. The highest BCUT2D eigenvalue weighted by atomic mass is 35.5. The number of nitrogens with zero attached hydrogens (tertiary/aromatic N) is 2. The summed E-state index contributed by atoms with van der Waals surface area (Å²) in [5, 5.41) is 23.0. The molecule has 35 heavy (non-hydrogen) atoms. The van der Waals surface area contributed by atoms with E-state index in [-0.39, 0.29) is 34.3 Å². The van der Waals surface area contributed by atoms with Crippen molar-refractivity contribution in [1.29, 1.82) is 5.26 Å². The summed E-state index contributed by atoms with van der Waals surface area (Å²) >= 11 is 6.04. The maximum atomic E-state index is 12.9. The number of rotatable bonds is 7. The third kappa shape index (κ3) is 6.82. The predicted molar refractivity (Wildman–Crippen MR) is 123 cm³/mol. The molecule has 0 aliphatic carbocycles. The average Bonchev–Trinajstić information content (AvgIpc) is 2.81. The largest absolute Gasteiger partial charge is 0.488 e. The first-order chi connectivity index (χ1) is 16.6. The van der Waals surface area contributed by atoms with Crippen LogP contribution in [0.4, 0.5) is 24.5 Å². The van der Waals surface area contributed by atoms with Gasteiger partial charge in [0, 0.05) is 28.4 Å². The van der Waals surface area contributed by atoms with E-state index in [0.717, 1.165) is 18.2 Å². The molecular formula is C24H15ClF3N3O4. The minimum atomic E-state index is -4.60. The lowest BCUT2D eigenvalue weighted by Gasteiger charge is -2.11. The van der Waals surface area contributed by atoms with E-state index in [1.165, 1.54) is 48.5 Å². The number of hydrogen-bond donors (Lipinski definition) is 1. The zero-order valence-electron chi connectivity index (χ0n) is 17.7. The molecule has 0 unspecified atom stereocenters. The van der Waals surface area contributed by atoms with Gasteiger partial charge in [0.25, 0.3) is 11.6 Å². The Labute approximate surface area is 202 Å². The van der Waals surface area contributed by atoms with Crippen molar-refractivity contribution in [3.63, 3.8) is 0 Å². The van der Waals surface area contributed by atoms with Crippen LogP contribution in [0.3, 0.4) is 0 Å². The van der Waals surface area contributed by atoms with Crippen molar-refractivity contribution in [1.82, 2.24) is 0 Å². The van der Waals surface area contributed by atoms with Crippen LogP contribution >= 0.6 is 11.6 Å². The van der Waals surface area contributed by atoms with Crippen molar-refractivity contribution in [2.75, 3.05) is 5.32 Å². The minimum absolute atomic E-state index is 0.0531. The van der Waals surface area contributed by atoms with Gasteiger partial charge in [0.2, 0.25) is 0 Å². The smallest absolute Gasteiger partial charge is 0.416 e. The van der Waals surface area contributed by atoms with Crippen LogP contribution in [0.15, 0.2) is 72.3 Å². The molecule has 0 atom stereocenters. The Balaban J connectivity index is 1.83. The third-order valence-corrected chi connectivity index (χ3v) is 4.84. The second-order valence-corrected chi connectivity index (χ2v) is 7.54. The number of halogens is 4. The Morgan fingerprint density at radius 3 is 2.57 bits per heavy atom. The van der Waals surface area contributed by atoms with Crippen molar-refractivity contribution in [2.45, 2.75) is 12.8 Å². The van der Waals surface area contributed by atoms with Crippen LogP contribution in [0.2, 0.25) is 5.02 Å². The fourth-order valence-corrected chi connectivity index (χ4v) is 3.14. The van der Waals surface area contributed by atoms with Gasteiger partial charge in [-0.3, -0.25) is 14.9 Å². The first kappa shape index (κ1) is 25.3. The number of carbonyl (C=O) groups excluding carboxylic acids is 1. The lowest BCUT2D eigenvalue weighted by Crippen LogP contribution is -2.14. The second kappa shape index (κ2) is 10.7. The van der Waals surface area contributed by atoms with E-state index < -0.39 is 28.1 Å². The molecule has 0 spiro atoms. The predicted octanol–water partition coefficient (Wildman–Crippen LogP) is 6.39. The van der Waals surface area contributed by atoms with Crippen LogP contribution in [-0.4, -0.2) is 10.8 Å². The number of nitro groups is 1. The highest BCUT2D eigenvalue weighted by Gasteiger charge is 2.30. The summed E-state index contributed by atoms with van der Waals surface area (Å²) in [4.78, 5) is 23.0. The lowest BCUT2D eigenvalue weighted by atomic mass is 10.1. The van der Waals surface area contributed by atoms with E-state index >= 15 is 0 Å². The summed E-state index contributed by atoms with van der Waals surface area (Å²) in [6.45, 7) is -0.0531. The van der Waals surface area contributed by atoms with E-state index in [1.807, 2.05) is 0 Å². The molecule has 0 aliphatic heterocycles. The van der Waals surface area contributed by atoms with Gasteiger partial charge in [-0.1, -0.05) is 29.8 Å². The van der Waals surface area contributed by atoms with Gasteiger partial charge in [0.15, 0.2) is 0 Å². The summed E-state index contributed by atoms with van der Waals surface area (Å²) in [6, 6.07) is 15.9. The zero-order chi connectivity index (χ0) is 25.6. The van der Waals surface area contributed by atoms with E-state index in [4.69, 9.17) is 16.3 Å². The van der Waals surface area contributed by atoms with Crippen molar-refractivity contribution in [2.24, 2.45) is 0 Å². The number of carbonyl (C=O) groups is 1. The summed E-state index contributed by atoms with van der Waals surface area (Å²) in [6.07, 6.45) is -3.42. The monoisotopic (exact) mass is 501 g/mol. The lowest BCUT2D eigenvalue weighted by molar-refractivity contribution is -0.384. The van der Waals surface area contributed by atoms with Crippen molar-refractivity contribution < 1.29 is 27.6 Å². The first-order valence-electron chi connectivity index (χ1n) is 9.83. The van der Waals surface area contributed by atoms with Crippen molar-refractivity contribution >= 4 is 35.0 Å². The van der Waals surface area contributed by atoms with Crippen LogP contribution in [0.25, 0.3) is 6.08 Å². The standard InChI is InChI=1S/C24H15ClF3N3O4/c25-19-7-8-22(35-14-15-3-1-6-21(9-15)31(33)34)16(11-19)10-17(13-29)23(32)30-20-5-2-4-18(12-20)24(26,27)28/h1-12H,14H2,(H,30,32)/b17-10+. The van der Waals surface area contributed by atoms with Gasteiger partial charge < -0.3 is 10.1 Å². The fraction of sp³-hybridized carbons (Fsp3) is 0.0833. The summed E-state index contributed by atoms with van der Waals surface area (Å²) in [7, 11) is 0. The number of amides is 1. The highest BCUT2D eigenvalue weighted by molar-refractivity contribution is 6.30. The van der Waals surface area contributed by atoms with Gasteiger partial charge >= 0.3 is 6.18 Å². The second-order valence-electron chi connectivity index (χ2n) is 7.10. The van der Waals surface area contributed by atoms with Gasteiger partial charge in [0.1, 0.15) is 24.0 Å².